The van der Waals surface area contributed by atoms with Crippen LogP contribution in [-0.2, 0) is 0 Å². The van der Waals surface area contributed by atoms with Gasteiger partial charge >= 0.3 is 0 Å². The number of nitrogens with one attached hydrogen (secondary N) is 1. The molecule has 2 aromatic heterocycles. The van der Waals surface area contributed by atoms with Crippen molar-refractivity contribution >= 4 is 38.3 Å². The van der Waals surface area contributed by atoms with E-state index in [9.17, 15) is 0 Å². The molecule has 1 unspecified atom stereocenters. The van der Waals surface area contributed by atoms with Crippen molar-refractivity contribution in [3.05, 3.63) is 57.0 Å². The normalized spacial score (nSPS) is 12.7. The molecule has 0 bridgehead atoms. The van der Waals surface area contributed by atoms with Crippen molar-refractivity contribution in [2.24, 2.45) is 0 Å². The van der Waals surface area contributed by atoms with E-state index in [-0.39, 0.29) is 6.04 Å². The molecule has 3 rings (SSSR count). The maximum absolute atomic E-state index is 4.41. The van der Waals surface area contributed by atoms with Gasteiger partial charge in [0, 0.05) is 22.2 Å². The minimum Gasteiger partial charge on any atom is -0.306 e. The molecule has 108 valence electrons. The Morgan fingerprint density at radius 1 is 1.19 bits per heavy atom. The maximum atomic E-state index is 4.41. The largest absolute Gasteiger partial charge is 0.306 e. The lowest BCUT2D eigenvalue weighted by Crippen LogP contribution is -2.23. The van der Waals surface area contributed by atoms with Crippen LogP contribution in [0.25, 0.3) is 11.0 Å². The fourth-order valence-electron chi connectivity index (χ4n) is 2.35. The van der Waals surface area contributed by atoms with Gasteiger partial charge in [0.2, 0.25) is 0 Å². The summed E-state index contributed by atoms with van der Waals surface area (Å²) in [5.74, 6) is 0. The van der Waals surface area contributed by atoms with Crippen molar-refractivity contribution < 1.29 is 0 Å². The van der Waals surface area contributed by atoms with Gasteiger partial charge < -0.3 is 5.32 Å². The van der Waals surface area contributed by atoms with Crippen molar-refractivity contribution in [3.63, 3.8) is 0 Å². The average Bonchev–Trinajstić information content (AvgIpc) is 2.94. The summed E-state index contributed by atoms with van der Waals surface area (Å²) >= 11 is 5.36. The molecule has 0 saturated carbocycles. The predicted molar refractivity (Wildman–Crippen MR) is 91.7 cm³/mol. The Morgan fingerprint density at radius 3 is 2.71 bits per heavy atom. The maximum Gasteiger partial charge on any atom is 0.0890 e. The van der Waals surface area contributed by atoms with Crippen LogP contribution >= 0.6 is 27.3 Å². The molecule has 0 saturated heterocycles. The molecule has 0 aliphatic carbocycles. The van der Waals surface area contributed by atoms with Crippen molar-refractivity contribution in [2.45, 2.75) is 19.4 Å². The molecule has 3 aromatic rings. The fraction of sp³-hybridized carbons (Fsp3) is 0.250. The van der Waals surface area contributed by atoms with Crippen LogP contribution in [0.1, 0.15) is 30.5 Å². The number of fused-ring (bicyclic) bond motifs is 1. The Kier molecular flexibility index (Phi) is 4.63. The Bertz CT molecular complexity index is 741. The standard InChI is InChI=1S/C16H16BrN3S/c1-2-5-20-16(12-9-21-10-13(12)17)11-3-4-14-15(8-11)19-7-6-18-14/h3-4,6-10,16,20H,2,5H2,1H3. The van der Waals surface area contributed by atoms with E-state index in [0.717, 1.165) is 28.5 Å². The molecule has 0 spiro atoms. The predicted octanol–water partition coefficient (Wildman–Crippen LogP) is 4.54. The lowest BCUT2D eigenvalue weighted by atomic mass is 10.0. The number of hydrogen-bond acceptors (Lipinski definition) is 4. The molecular weight excluding hydrogens is 346 g/mol. The van der Waals surface area contributed by atoms with Gasteiger partial charge in [-0.2, -0.15) is 11.3 Å². The summed E-state index contributed by atoms with van der Waals surface area (Å²) in [4.78, 5) is 8.74. The first-order valence-corrected chi connectivity index (χ1v) is 8.69. The number of benzene rings is 1. The van der Waals surface area contributed by atoms with E-state index in [1.165, 1.54) is 11.1 Å². The van der Waals surface area contributed by atoms with Crippen molar-refractivity contribution in [3.8, 4) is 0 Å². The van der Waals surface area contributed by atoms with Crippen LogP contribution in [0.3, 0.4) is 0 Å². The van der Waals surface area contributed by atoms with Crippen LogP contribution in [0.15, 0.2) is 45.8 Å². The van der Waals surface area contributed by atoms with Gasteiger partial charge in [0.25, 0.3) is 0 Å². The Hall–Kier alpha value is -1.30. The molecule has 3 nitrogen and oxygen atoms in total. The van der Waals surface area contributed by atoms with E-state index >= 15 is 0 Å². The number of aromatic nitrogens is 2. The summed E-state index contributed by atoms with van der Waals surface area (Å²) in [5.41, 5.74) is 4.36. The second-order valence-electron chi connectivity index (χ2n) is 4.87. The van der Waals surface area contributed by atoms with Crippen LogP contribution in [-0.4, -0.2) is 16.5 Å². The molecule has 1 atom stereocenters. The highest BCUT2D eigenvalue weighted by molar-refractivity contribution is 9.10. The summed E-state index contributed by atoms with van der Waals surface area (Å²) in [6.07, 6.45) is 4.57. The number of rotatable bonds is 5. The highest BCUT2D eigenvalue weighted by Gasteiger charge is 2.17. The minimum absolute atomic E-state index is 0.178. The minimum atomic E-state index is 0.178. The number of nitrogens with zero attached hydrogens (tertiary/aromatic N) is 2. The van der Waals surface area contributed by atoms with Gasteiger partial charge in [0.1, 0.15) is 0 Å². The van der Waals surface area contributed by atoms with Crippen LogP contribution in [0.2, 0.25) is 0 Å². The zero-order valence-corrected chi connectivity index (χ0v) is 14.1. The number of thiophene rings is 1. The first kappa shape index (κ1) is 14.6. The molecular formula is C16H16BrN3S. The van der Waals surface area contributed by atoms with Gasteiger partial charge in [-0.05, 0) is 57.5 Å². The summed E-state index contributed by atoms with van der Waals surface area (Å²) in [5, 5.41) is 7.94. The molecule has 0 fully saturated rings. The first-order valence-electron chi connectivity index (χ1n) is 6.95. The number of hydrogen-bond donors (Lipinski definition) is 1. The van der Waals surface area contributed by atoms with Crippen LogP contribution in [0.5, 0.6) is 0 Å². The second kappa shape index (κ2) is 6.64. The molecule has 1 aromatic carbocycles. The SMILES string of the molecule is CCCNC(c1ccc2nccnc2c1)c1cscc1Br. The topological polar surface area (TPSA) is 37.8 Å². The molecule has 0 radical (unpaired) electrons. The highest BCUT2D eigenvalue weighted by Crippen LogP contribution is 2.32. The third-order valence-corrected chi connectivity index (χ3v) is 5.13. The Morgan fingerprint density at radius 2 is 2.00 bits per heavy atom. The Labute approximate surface area is 136 Å². The molecule has 0 aliphatic rings. The molecule has 5 heteroatoms. The third kappa shape index (κ3) is 3.15. The van der Waals surface area contributed by atoms with Crippen molar-refractivity contribution in [1.29, 1.82) is 0 Å². The highest BCUT2D eigenvalue weighted by atomic mass is 79.9. The monoisotopic (exact) mass is 361 g/mol. The van der Waals surface area contributed by atoms with Crippen LogP contribution in [0.4, 0.5) is 0 Å². The van der Waals surface area contributed by atoms with Crippen molar-refractivity contribution in [1.82, 2.24) is 15.3 Å². The van der Waals surface area contributed by atoms with E-state index in [1.807, 2.05) is 6.07 Å². The van der Waals surface area contributed by atoms with Gasteiger partial charge in [-0.15, -0.1) is 0 Å². The molecule has 2 heterocycles. The van der Waals surface area contributed by atoms with Gasteiger partial charge in [-0.1, -0.05) is 13.0 Å². The number of halogens is 1. The summed E-state index contributed by atoms with van der Waals surface area (Å²) in [6.45, 7) is 3.16. The zero-order chi connectivity index (χ0) is 14.7. The average molecular weight is 362 g/mol. The van der Waals surface area contributed by atoms with E-state index < -0.39 is 0 Å². The van der Waals surface area contributed by atoms with Crippen molar-refractivity contribution in [2.75, 3.05) is 6.54 Å². The van der Waals surface area contributed by atoms with Crippen LogP contribution in [0, 0.1) is 0 Å². The molecule has 21 heavy (non-hydrogen) atoms. The molecule has 0 amide bonds. The zero-order valence-electron chi connectivity index (χ0n) is 11.7. The smallest absolute Gasteiger partial charge is 0.0890 e. The lowest BCUT2D eigenvalue weighted by Gasteiger charge is -2.19. The second-order valence-corrected chi connectivity index (χ2v) is 6.46. The van der Waals surface area contributed by atoms with Gasteiger partial charge in [-0.3, -0.25) is 9.97 Å². The quantitative estimate of drug-likeness (QED) is 0.724. The van der Waals surface area contributed by atoms with E-state index in [1.54, 1.807) is 23.7 Å². The van der Waals surface area contributed by atoms with Gasteiger partial charge in [0.05, 0.1) is 17.1 Å². The lowest BCUT2D eigenvalue weighted by molar-refractivity contribution is 0.599. The summed E-state index contributed by atoms with van der Waals surface area (Å²) in [7, 11) is 0. The fourth-order valence-corrected chi connectivity index (χ4v) is 3.91. The third-order valence-electron chi connectivity index (χ3n) is 3.38. The summed E-state index contributed by atoms with van der Waals surface area (Å²) in [6, 6.07) is 6.48. The van der Waals surface area contributed by atoms with E-state index in [0.29, 0.717) is 0 Å². The summed E-state index contributed by atoms with van der Waals surface area (Å²) < 4.78 is 1.15. The van der Waals surface area contributed by atoms with Crippen LogP contribution < -0.4 is 5.32 Å². The van der Waals surface area contributed by atoms with E-state index in [4.69, 9.17) is 0 Å². The first-order chi connectivity index (χ1) is 10.3. The van der Waals surface area contributed by atoms with E-state index in [2.05, 4.69) is 61.0 Å². The molecule has 0 aliphatic heterocycles. The Balaban J connectivity index is 2.03. The van der Waals surface area contributed by atoms with Gasteiger partial charge in [0.15, 0.2) is 0 Å². The van der Waals surface area contributed by atoms with Gasteiger partial charge in [-0.25, -0.2) is 0 Å². The molecule has 1 N–H and O–H groups in total.